The Bertz CT molecular complexity index is 2270. The molecule has 0 unspecified atom stereocenters. The summed E-state index contributed by atoms with van der Waals surface area (Å²) >= 11 is 0. The predicted octanol–water partition coefficient (Wildman–Crippen LogP) is 10.1. The van der Waals surface area contributed by atoms with Gasteiger partial charge in [-0.3, -0.25) is 0 Å². The van der Waals surface area contributed by atoms with Crippen molar-refractivity contribution in [2.24, 2.45) is 0 Å². The van der Waals surface area contributed by atoms with E-state index in [2.05, 4.69) is 0 Å². The second-order valence-electron chi connectivity index (χ2n) is 11.1. The third kappa shape index (κ3) is 3.78. The summed E-state index contributed by atoms with van der Waals surface area (Å²) in [6.07, 6.45) is 0. The highest BCUT2D eigenvalue weighted by atomic mass is 16.3. The Hall–Kier alpha value is -6.00. The molecule has 0 radical (unpaired) electrons. The molecule has 0 fully saturated rings. The molecule has 0 bridgehead atoms. The molecule has 8 aromatic rings. The molecule has 0 aliphatic heterocycles. The van der Waals surface area contributed by atoms with Crippen LogP contribution in [0.25, 0.3) is 76.5 Å². The first-order chi connectivity index (χ1) is 21.5. The molecule has 210 valence electrons. The Kier molecular flexibility index (Phi) is 5.71. The standard InChI is InChI=1S/C40H26O4/c41-33-19-17-23-9-1-5-13-27(23)35(33)31-21-25-11-3-7-15-29(25)37(39(31)43)38-30-16-8-4-12-26(30)22-32(40(38)44)36-28-14-6-2-10-24(28)18-20-34(36)42/h1-22,41-44H. The Morgan fingerprint density at radius 3 is 1.00 bits per heavy atom. The molecule has 0 aliphatic rings. The van der Waals surface area contributed by atoms with Gasteiger partial charge >= 0.3 is 0 Å². The molecule has 44 heavy (non-hydrogen) atoms. The fourth-order valence-corrected chi connectivity index (χ4v) is 6.65. The van der Waals surface area contributed by atoms with Gasteiger partial charge in [-0.25, -0.2) is 0 Å². The third-order valence-electron chi connectivity index (χ3n) is 8.65. The van der Waals surface area contributed by atoms with Gasteiger partial charge in [-0.05, 0) is 67.4 Å². The third-order valence-corrected chi connectivity index (χ3v) is 8.65. The fourth-order valence-electron chi connectivity index (χ4n) is 6.65. The zero-order chi connectivity index (χ0) is 29.9. The Morgan fingerprint density at radius 1 is 0.295 bits per heavy atom. The number of fused-ring (bicyclic) bond motifs is 4. The molecule has 0 aliphatic carbocycles. The van der Waals surface area contributed by atoms with Gasteiger partial charge in [0.2, 0.25) is 0 Å². The van der Waals surface area contributed by atoms with E-state index in [-0.39, 0.29) is 23.0 Å². The van der Waals surface area contributed by atoms with E-state index in [1.165, 1.54) is 0 Å². The molecule has 4 heteroatoms. The number of benzene rings is 8. The van der Waals surface area contributed by atoms with E-state index in [0.717, 1.165) is 43.1 Å². The lowest BCUT2D eigenvalue weighted by Gasteiger charge is -2.21. The van der Waals surface area contributed by atoms with E-state index in [1.54, 1.807) is 12.1 Å². The summed E-state index contributed by atoms with van der Waals surface area (Å²) in [5, 5.41) is 53.5. The summed E-state index contributed by atoms with van der Waals surface area (Å²) in [5.74, 6) is -0.0299. The Balaban J connectivity index is 1.54. The maximum Gasteiger partial charge on any atom is 0.132 e. The van der Waals surface area contributed by atoms with E-state index in [0.29, 0.717) is 33.4 Å². The summed E-state index contributed by atoms with van der Waals surface area (Å²) in [4.78, 5) is 0. The molecule has 0 aromatic heterocycles. The molecule has 8 aromatic carbocycles. The topological polar surface area (TPSA) is 80.9 Å². The Morgan fingerprint density at radius 2 is 0.614 bits per heavy atom. The summed E-state index contributed by atoms with van der Waals surface area (Å²) in [5.41, 5.74) is 2.82. The lowest BCUT2D eigenvalue weighted by molar-refractivity contribution is 0.467. The van der Waals surface area contributed by atoms with Crippen molar-refractivity contribution in [3.8, 4) is 56.4 Å². The zero-order valence-electron chi connectivity index (χ0n) is 23.5. The maximum absolute atomic E-state index is 12.3. The predicted molar refractivity (Wildman–Crippen MR) is 179 cm³/mol. The number of hydrogen-bond acceptors (Lipinski definition) is 4. The minimum Gasteiger partial charge on any atom is -0.507 e. The van der Waals surface area contributed by atoms with Crippen LogP contribution in [-0.2, 0) is 0 Å². The first kappa shape index (κ1) is 25.7. The number of aromatic hydroxyl groups is 4. The SMILES string of the molecule is Oc1ccc2ccccc2c1-c1cc2ccccc2c(-c2c(O)c(-c3c(O)ccc4ccccc34)cc3ccccc23)c1O. The average molecular weight is 571 g/mol. The van der Waals surface area contributed by atoms with Crippen molar-refractivity contribution in [2.75, 3.05) is 0 Å². The van der Waals surface area contributed by atoms with Crippen LogP contribution in [0.2, 0.25) is 0 Å². The van der Waals surface area contributed by atoms with Crippen LogP contribution in [0.1, 0.15) is 0 Å². The van der Waals surface area contributed by atoms with E-state index < -0.39 is 0 Å². The summed E-state index contributed by atoms with van der Waals surface area (Å²) in [6.45, 7) is 0. The van der Waals surface area contributed by atoms with E-state index >= 15 is 0 Å². The number of hydrogen-bond donors (Lipinski definition) is 4. The number of rotatable bonds is 3. The molecule has 0 saturated heterocycles. The smallest absolute Gasteiger partial charge is 0.132 e. The fraction of sp³-hybridized carbons (Fsp3) is 0. The van der Waals surface area contributed by atoms with E-state index in [1.807, 2.05) is 121 Å². The molecule has 0 heterocycles. The zero-order valence-corrected chi connectivity index (χ0v) is 23.5. The maximum atomic E-state index is 12.3. The van der Waals surface area contributed by atoms with Crippen LogP contribution in [0, 0.1) is 0 Å². The number of phenols is 4. The molecular weight excluding hydrogens is 544 g/mol. The van der Waals surface area contributed by atoms with Crippen LogP contribution >= 0.6 is 0 Å². The van der Waals surface area contributed by atoms with Gasteiger partial charge in [0.25, 0.3) is 0 Å². The lowest BCUT2D eigenvalue weighted by atomic mass is 9.85. The van der Waals surface area contributed by atoms with Crippen molar-refractivity contribution in [3.05, 3.63) is 133 Å². The van der Waals surface area contributed by atoms with Gasteiger partial charge in [-0.15, -0.1) is 0 Å². The number of phenolic OH excluding ortho intramolecular Hbond substituents is 4. The summed E-state index contributed by atoms with van der Waals surface area (Å²) in [7, 11) is 0. The van der Waals surface area contributed by atoms with Crippen LogP contribution in [0.5, 0.6) is 23.0 Å². The lowest BCUT2D eigenvalue weighted by Crippen LogP contribution is -1.93. The van der Waals surface area contributed by atoms with Gasteiger partial charge < -0.3 is 20.4 Å². The normalized spacial score (nSPS) is 11.5. The van der Waals surface area contributed by atoms with Crippen LogP contribution in [-0.4, -0.2) is 20.4 Å². The van der Waals surface area contributed by atoms with Crippen LogP contribution in [0.3, 0.4) is 0 Å². The first-order valence-electron chi connectivity index (χ1n) is 14.4. The van der Waals surface area contributed by atoms with Crippen molar-refractivity contribution >= 4 is 43.1 Å². The van der Waals surface area contributed by atoms with E-state index in [9.17, 15) is 20.4 Å². The summed E-state index contributed by atoms with van der Waals surface area (Å²) < 4.78 is 0. The summed E-state index contributed by atoms with van der Waals surface area (Å²) in [6, 6.07) is 41.7. The van der Waals surface area contributed by atoms with Crippen molar-refractivity contribution in [1.82, 2.24) is 0 Å². The molecule has 0 spiro atoms. The molecular formula is C40H26O4. The minimum atomic E-state index is -0.0601. The van der Waals surface area contributed by atoms with Crippen molar-refractivity contribution < 1.29 is 20.4 Å². The van der Waals surface area contributed by atoms with Crippen molar-refractivity contribution in [3.63, 3.8) is 0 Å². The average Bonchev–Trinajstić information content (AvgIpc) is 3.05. The van der Waals surface area contributed by atoms with E-state index in [4.69, 9.17) is 0 Å². The van der Waals surface area contributed by atoms with Crippen molar-refractivity contribution in [2.45, 2.75) is 0 Å². The van der Waals surface area contributed by atoms with Gasteiger partial charge in [-0.2, -0.15) is 0 Å². The highest BCUT2D eigenvalue weighted by Crippen LogP contribution is 2.54. The molecule has 4 nitrogen and oxygen atoms in total. The monoisotopic (exact) mass is 570 g/mol. The van der Waals surface area contributed by atoms with Gasteiger partial charge in [0.1, 0.15) is 23.0 Å². The van der Waals surface area contributed by atoms with Crippen LogP contribution in [0.4, 0.5) is 0 Å². The van der Waals surface area contributed by atoms with Gasteiger partial charge in [0.15, 0.2) is 0 Å². The van der Waals surface area contributed by atoms with Gasteiger partial charge in [0, 0.05) is 33.4 Å². The van der Waals surface area contributed by atoms with Gasteiger partial charge in [0.05, 0.1) is 0 Å². The van der Waals surface area contributed by atoms with Crippen LogP contribution in [0.15, 0.2) is 133 Å². The molecule has 4 N–H and O–H groups in total. The molecule has 0 atom stereocenters. The van der Waals surface area contributed by atoms with Crippen molar-refractivity contribution in [1.29, 1.82) is 0 Å². The van der Waals surface area contributed by atoms with Crippen LogP contribution < -0.4 is 0 Å². The Labute approximate surface area is 253 Å². The minimum absolute atomic E-state index is 0.0451. The highest BCUT2D eigenvalue weighted by molar-refractivity contribution is 6.16. The highest BCUT2D eigenvalue weighted by Gasteiger charge is 2.26. The molecule has 0 saturated carbocycles. The molecule has 8 rings (SSSR count). The molecule has 0 amide bonds. The van der Waals surface area contributed by atoms with Gasteiger partial charge in [-0.1, -0.05) is 109 Å². The second-order valence-corrected chi connectivity index (χ2v) is 11.1. The quantitative estimate of drug-likeness (QED) is 0.170. The largest absolute Gasteiger partial charge is 0.507 e. The second kappa shape index (κ2) is 9.79. The first-order valence-corrected chi connectivity index (χ1v) is 14.4.